The number of benzene rings is 1. The second-order valence-corrected chi connectivity index (χ2v) is 6.07. The average molecular weight is 313 g/mol. The Labute approximate surface area is 137 Å². The summed E-state index contributed by atoms with van der Waals surface area (Å²) in [7, 11) is 0. The molecular weight excluding hydrogens is 290 g/mol. The Morgan fingerprint density at radius 2 is 2.04 bits per heavy atom. The number of fused-ring (bicyclic) bond motifs is 1. The fourth-order valence-corrected chi connectivity index (χ4v) is 3.11. The summed E-state index contributed by atoms with van der Waals surface area (Å²) >= 11 is 0. The summed E-state index contributed by atoms with van der Waals surface area (Å²) in [5, 5.41) is 2.71. The number of ether oxygens (including phenoxy) is 1. The quantitative estimate of drug-likeness (QED) is 0.804. The number of nitrogens with zero attached hydrogens (tertiary/aromatic N) is 2. The molecule has 0 saturated carbocycles. The van der Waals surface area contributed by atoms with Crippen molar-refractivity contribution in [3.63, 3.8) is 0 Å². The lowest BCUT2D eigenvalue weighted by molar-refractivity contribution is -0.122. The van der Waals surface area contributed by atoms with E-state index in [-0.39, 0.29) is 5.91 Å². The summed E-state index contributed by atoms with van der Waals surface area (Å²) in [6.07, 6.45) is 6.16. The summed E-state index contributed by atoms with van der Waals surface area (Å²) in [4.78, 5) is 16.3. The highest BCUT2D eigenvalue weighted by atomic mass is 16.5. The fourth-order valence-electron chi connectivity index (χ4n) is 3.11. The second-order valence-electron chi connectivity index (χ2n) is 6.07. The van der Waals surface area contributed by atoms with Gasteiger partial charge in [-0.15, -0.1) is 6.42 Å². The molecule has 0 unspecified atom stereocenters. The number of rotatable bonds is 5. The van der Waals surface area contributed by atoms with Crippen molar-refractivity contribution < 1.29 is 9.53 Å². The van der Waals surface area contributed by atoms with Gasteiger partial charge < -0.3 is 10.1 Å². The van der Waals surface area contributed by atoms with Crippen molar-refractivity contribution in [3.8, 4) is 18.1 Å². The molecule has 1 aromatic rings. The third-order valence-corrected chi connectivity index (χ3v) is 4.38. The number of amides is 1. The first kappa shape index (κ1) is 15.9. The molecule has 0 spiro atoms. The summed E-state index contributed by atoms with van der Waals surface area (Å²) in [6, 6.07) is 6.51. The van der Waals surface area contributed by atoms with Crippen molar-refractivity contribution in [2.45, 2.75) is 13.0 Å². The third-order valence-electron chi connectivity index (χ3n) is 4.38. The maximum atomic E-state index is 11.7. The summed E-state index contributed by atoms with van der Waals surface area (Å²) in [5.74, 6) is 3.47. The van der Waals surface area contributed by atoms with E-state index in [9.17, 15) is 4.79 Å². The number of hydrogen-bond acceptors (Lipinski definition) is 4. The van der Waals surface area contributed by atoms with E-state index in [0.717, 1.165) is 51.5 Å². The molecule has 5 heteroatoms. The molecule has 0 bridgehead atoms. The second kappa shape index (κ2) is 7.49. The first-order chi connectivity index (χ1) is 11.2. The van der Waals surface area contributed by atoms with E-state index >= 15 is 0 Å². The highest BCUT2D eigenvalue weighted by Crippen LogP contribution is 2.26. The highest BCUT2D eigenvalue weighted by Gasteiger charge is 2.19. The molecule has 1 N–H and O–H groups in total. The zero-order valence-electron chi connectivity index (χ0n) is 13.4. The number of nitrogens with one attached hydrogen (secondary N) is 1. The Balaban J connectivity index is 1.44. The van der Waals surface area contributed by atoms with Crippen LogP contribution in [0.4, 0.5) is 0 Å². The van der Waals surface area contributed by atoms with Gasteiger partial charge in [0.05, 0.1) is 19.7 Å². The van der Waals surface area contributed by atoms with E-state index in [4.69, 9.17) is 11.2 Å². The molecule has 2 heterocycles. The lowest BCUT2D eigenvalue weighted by Gasteiger charge is -2.34. The van der Waals surface area contributed by atoms with E-state index in [1.807, 2.05) is 0 Å². The summed E-state index contributed by atoms with van der Waals surface area (Å²) < 4.78 is 5.55. The predicted octanol–water partition coefficient (Wildman–Crippen LogP) is 0.489. The summed E-state index contributed by atoms with van der Waals surface area (Å²) in [5.41, 5.74) is 2.67. The molecule has 2 aliphatic heterocycles. The van der Waals surface area contributed by atoms with E-state index in [1.165, 1.54) is 11.1 Å². The van der Waals surface area contributed by atoms with Crippen molar-refractivity contribution in [2.75, 3.05) is 45.9 Å². The minimum Gasteiger partial charge on any atom is -0.493 e. The third kappa shape index (κ3) is 4.25. The lowest BCUT2D eigenvalue weighted by atomic mass is 10.1. The molecule has 122 valence electrons. The molecular formula is C18H23N3O2. The SMILES string of the molecule is C#CCNC(=O)CN1CCN(Cc2ccc3c(c2)CCO3)CC1. The number of carbonyl (C=O) groups is 1. The van der Waals surface area contributed by atoms with Crippen LogP contribution in [0.15, 0.2) is 18.2 Å². The number of terminal acetylenes is 1. The zero-order chi connectivity index (χ0) is 16.1. The van der Waals surface area contributed by atoms with Gasteiger partial charge >= 0.3 is 0 Å². The minimum absolute atomic E-state index is 0.00928. The lowest BCUT2D eigenvalue weighted by Crippen LogP contribution is -2.49. The van der Waals surface area contributed by atoms with Crippen LogP contribution in [0.25, 0.3) is 0 Å². The van der Waals surface area contributed by atoms with Gasteiger partial charge in [-0.1, -0.05) is 18.1 Å². The van der Waals surface area contributed by atoms with Gasteiger partial charge in [0.2, 0.25) is 5.91 Å². The average Bonchev–Trinajstić information content (AvgIpc) is 3.02. The van der Waals surface area contributed by atoms with Gasteiger partial charge in [-0.3, -0.25) is 14.6 Å². The molecule has 0 aromatic heterocycles. The maximum Gasteiger partial charge on any atom is 0.234 e. The normalized spacial score (nSPS) is 18.0. The minimum atomic E-state index is 0.00928. The molecule has 2 aliphatic rings. The van der Waals surface area contributed by atoms with Crippen LogP contribution >= 0.6 is 0 Å². The van der Waals surface area contributed by atoms with Crippen molar-refractivity contribution in [3.05, 3.63) is 29.3 Å². The van der Waals surface area contributed by atoms with Gasteiger partial charge in [-0.25, -0.2) is 0 Å². The van der Waals surface area contributed by atoms with Crippen LogP contribution in [0.1, 0.15) is 11.1 Å². The van der Waals surface area contributed by atoms with E-state index in [1.54, 1.807) is 0 Å². The molecule has 0 aliphatic carbocycles. The molecule has 5 nitrogen and oxygen atoms in total. The van der Waals surface area contributed by atoms with Crippen molar-refractivity contribution >= 4 is 5.91 Å². The molecule has 1 saturated heterocycles. The van der Waals surface area contributed by atoms with E-state index < -0.39 is 0 Å². The molecule has 0 atom stereocenters. The van der Waals surface area contributed by atoms with Crippen molar-refractivity contribution in [2.24, 2.45) is 0 Å². The van der Waals surface area contributed by atoms with Crippen LogP contribution < -0.4 is 10.1 Å². The topological polar surface area (TPSA) is 44.8 Å². The van der Waals surface area contributed by atoms with Crippen LogP contribution in [-0.4, -0.2) is 61.6 Å². The number of piperazine rings is 1. The summed E-state index contributed by atoms with van der Waals surface area (Å²) in [6.45, 7) is 6.30. The van der Waals surface area contributed by atoms with E-state index in [0.29, 0.717) is 13.1 Å². The largest absolute Gasteiger partial charge is 0.493 e. The van der Waals surface area contributed by atoms with Crippen molar-refractivity contribution in [1.82, 2.24) is 15.1 Å². The molecule has 23 heavy (non-hydrogen) atoms. The standard InChI is InChI=1S/C18H23N3O2/c1-2-6-19-18(22)14-21-9-7-20(8-10-21)13-15-3-4-17-16(12-15)5-11-23-17/h1,3-4,12H,5-11,13-14H2,(H,19,22). The van der Waals surface area contributed by atoms with Gasteiger partial charge in [-0.2, -0.15) is 0 Å². The molecule has 1 fully saturated rings. The van der Waals surface area contributed by atoms with Crippen LogP contribution in [0, 0.1) is 12.3 Å². The van der Waals surface area contributed by atoms with Crippen LogP contribution in [0.2, 0.25) is 0 Å². The highest BCUT2D eigenvalue weighted by molar-refractivity contribution is 5.78. The Kier molecular flexibility index (Phi) is 5.16. The molecule has 1 aromatic carbocycles. The van der Waals surface area contributed by atoms with Gasteiger partial charge in [0.25, 0.3) is 0 Å². The predicted molar refractivity (Wildman–Crippen MR) is 89.2 cm³/mol. The maximum absolute atomic E-state index is 11.7. The number of hydrogen-bond donors (Lipinski definition) is 1. The Hall–Kier alpha value is -2.03. The molecule has 1 amide bonds. The van der Waals surface area contributed by atoms with Gasteiger partial charge in [0.1, 0.15) is 5.75 Å². The Morgan fingerprint density at radius 1 is 1.26 bits per heavy atom. The van der Waals surface area contributed by atoms with Gasteiger partial charge in [-0.05, 0) is 17.2 Å². The van der Waals surface area contributed by atoms with Crippen LogP contribution in [-0.2, 0) is 17.8 Å². The van der Waals surface area contributed by atoms with E-state index in [2.05, 4.69) is 39.2 Å². The van der Waals surface area contributed by atoms with Crippen molar-refractivity contribution in [1.29, 1.82) is 0 Å². The Morgan fingerprint density at radius 3 is 2.83 bits per heavy atom. The molecule has 3 rings (SSSR count). The zero-order valence-corrected chi connectivity index (χ0v) is 13.4. The fraction of sp³-hybridized carbons (Fsp3) is 0.500. The monoisotopic (exact) mass is 313 g/mol. The van der Waals surface area contributed by atoms with Crippen LogP contribution in [0.5, 0.6) is 5.75 Å². The van der Waals surface area contributed by atoms with Gasteiger partial charge in [0, 0.05) is 39.1 Å². The first-order valence-corrected chi connectivity index (χ1v) is 8.14. The smallest absolute Gasteiger partial charge is 0.234 e. The van der Waals surface area contributed by atoms with Gasteiger partial charge in [0.15, 0.2) is 0 Å². The number of carbonyl (C=O) groups excluding carboxylic acids is 1. The first-order valence-electron chi connectivity index (χ1n) is 8.14. The van der Waals surface area contributed by atoms with Crippen LogP contribution in [0.3, 0.4) is 0 Å². The Bertz CT molecular complexity index is 601. The molecule has 0 radical (unpaired) electrons.